The van der Waals surface area contributed by atoms with Crippen LogP contribution in [-0.2, 0) is 20.2 Å². The van der Waals surface area contributed by atoms with Gasteiger partial charge in [0.15, 0.2) is 0 Å². The van der Waals surface area contributed by atoms with Gasteiger partial charge in [0.25, 0.3) is 0 Å². The SMILES string of the molecule is CC(C)OP(=O)(OC(C)C)N(Cc1ccccc1)C(/C=C/C#N)CS. The van der Waals surface area contributed by atoms with Crippen LogP contribution in [0.25, 0.3) is 0 Å². The van der Waals surface area contributed by atoms with E-state index in [1.807, 2.05) is 64.1 Å². The van der Waals surface area contributed by atoms with Gasteiger partial charge in [0.1, 0.15) is 0 Å². The predicted octanol–water partition coefficient (Wildman–Crippen LogP) is 4.82. The molecule has 1 rings (SSSR count). The van der Waals surface area contributed by atoms with Crippen molar-refractivity contribution >= 4 is 20.4 Å². The fraction of sp³-hybridized carbons (Fsp3) is 0.500. The summed E-state index contributed by atoms with van der Waals surface area (Å²) in [5, 5.41) is 8.86. The Bertz CT molecular complexity index is 615. The molecule has 1 aromatic carbocycles. The van der Waals surface area contributed by atoms with Gasteiger partial charge in [-0.25, -0.2) is 4.57 Å². The molecule has 0 aliphatic heterocycles. The maximum Gasteiger partial charge on any atom is 0.409 e. The minimum Gasteiger partial charge on any atom is -0.294 e. The second kappa shape index (κ2) is 10.8. The molecule has 1 atom stereocenters. The van der Waals surface area contributed by atoms with Crippen LogP contribution in [0.1, 0.15) is 33.3 Å². The van der Waals surface area contributed by atoms with E-state index >= 15 is 0 Å². The third kappa shape index (κ3) is 7.35. The van der Waals surface area contributed by atoms with Crippen molar-refractivity contribution in [1.82, 2.24) is 4.67 Å². The lowest BCUT2D eigenvalue weighted by molar-refractivity contribution is 0.0991. The van der Waals surface area contributed by atoms with Crippen molar-refractivity contribution in [2.75, 3.05) is 5.75 Å². The lowest BCUT2D eigenvalue weighted by Crippen LogP contribution is -2.35. The predicted molar refractivity (Wildman–Crippen MR) is 104 cm³/mol. The summed E-state index contributed by atoms with van der Waals surface area (Å²) in [6, 6.07) is 11.3. The van der Waals surface area contributed by atoms with Crippen LogP contribution in [0.15, 0.2) is 42.5 Å². The highest BCUT2D eigenvalue weighted by molar-refractivity contribution is 7.80. The third-order valence-electron chi connectivity index (χ3n) is 3.15. The van der Waals surface area contributed by atoms with E-state index in [1.165, 1.54) is 6.08 Å². The van der Waals surface area contributed by atoms with E-state index in [0.29, 0.717) is 12.3 Å². The van der Waals surface area contributed by atoms with E-state index < -0.39 is 7.75 Å². The average molecular weight is 382 g/mol. The van der Waals surface area contributed by atoms with Crippen molar-refractivity contribution in [2.45, 2.75) is 52.5 Å². The molecule has 0 saturated heterocycles. The Morgan fingerprint density at radius 2 is 1.76 bits per heavy atom. The number of nitriles is 1. The topological polar surface area (TPSA) is 62.6 Å². The van der Waals surface area contributed by atoms with Gasteiger partial charge in [-0.2, -0.15) is 22.6 Å². The second-order valence-corrected chi connectivity index (χ2v) is 8.34. The highest BCUT2D eigenvalue weighted by Gasteiger charge is 2.39. The van der Waals surface area contributed by atoms with Crippen LogP contribution >= 0.6 is 20.4 Å². The minimum atomic E-state index is -3.60. The molecular weight excluding hydrogens is 355 g/mol. The Hall–Kier alpha value is -1.09. The van der Waals surface area contributed by atoms with Gasteiger partial charge < -0.3 is 0 Å². The molecule has 138 valence electrons. The quantitative estimate of drug-likeness (QED) is 0.357. The highest BCUT2D eigenvalue weighted by Crippen LogP contribution is 2.56. The summed E-state index contributed by atoms with van der Waals surface area (Å²) in [6.07, 6.45) is 2.50. The van der Waals surface area contributed by atoms with Crippen LogP contribution in [0.2, 0.25) is 0 Å². The summed E-state index contributed by atoms with van der Waals surface area (Å²) in [5.41, 5.74) is 0.972. The first-order valence-electron chi connectivity index (χ1n) is 8.27. The van der Waals surface area contributed by atoms with E-state index in [4.69, 9.17) is 14.3 Å². The normalized spacial score (nSPS) is 13.7. The van der Waals surface area contributed by atoms with Crippen molar-refractivity contribution in [3.8, 4) is 6.07 Å². The van der Waals surface area contributed by atoms with Gasteiger partial charge in [0.2, 0.25) is 0 Å². The van der Waals surface area contributed by atoms with E-state index in [0.717, 1.165) is 5.56 Å². The Balaban J connectivity index is 3.30. The van der Waals surface area contributed by atoms with E-state index in [9.17, 15) is 4.57 Å². The first kappa shape index (κ1) is 22.0. The number of allylic oxidation sites excluding steroid dienone is 1. The molecule has 0 amide bonds. The van der Waals surface area contributed by atoms with Gasteiger partial charge in [-0.15, -0.1) is 0 Å². The standard InChI is InChI=1S/C18H27N2O3PS/c1-15(2)22-24(21,23-16(3)4)20(18(14-25)11-8-12-19)13-17-9-6-5-7-10-17/h5-11,15-16,18,25H,13-14H2,1-4H3/b11-8+. The van der Waals surface area contributed by atoms with Gasteiger partial charge in [0, 0.05) is 24.4 Å². The lowest BCUT2D eigenvalue weighted by atomic mass is 10.2. The molecule has 1 unspecified atom stereocenters. The molecule has 0 aromatic heterocycles. The van der Waals surface area contributed by atoms with Crippen LogP contribution in [0.4, 0.5) is 0 Å². The number of benzene rings is 1. The molecule has 0 radical (unpaired) electrons. The zero-order chi connectivity index (χ0) is 18.9. The Morgan fingerprint density at radius 1 is 1.20 bits per heavy atom. The number of hydrogen-bond donors (Lipinski definition) is 1. The molecule has 0 bridgehead atoms. The van der Waals surface area contributed by atoms with Crippen LogP contribution in [0.5, 0.6) is 0 Å². The number of nitrogens with zero attached hydrogens (tertiary/aromatic N) is 2. The maximum absolute atomic E-state index is 13.6. The summed E-state index contributed by atoms with van der Waals surface area (Å²) in [4.78, 5) is 0. The second-order valence-electron chi connectivity index (χ2n) is 6.10. The largest absolute Gasteiger partial charge is 0.409 e. The number of rotatable bonds is 10. The van der Waals surface area contributed by atoms with Crippen LogP contribution in [0, 0.1) is 11.3 Å². The summed E-state index contributed by atoms with van der Waals surface area (Å²) in [5.74, 6) is 0.373. The van der Waals surface area contributed by atoms with Gasteiger partial charge in [-0.1, -0.05) is 36.4 Å². The van der Waals surface area contributed by atoms with Crippen LogP contribution in [0.3, 0.4) is 0 Å². The van der Waals surface area contributed by atoms with Crippen molar-refractivity contribution < 1.29 is 13.6 Å². The zero-order valence-electron chi connectivity index (χ0n) is 15.2. The number of thiol groups is 1. The fourth-order valence-electron chi connectivity index (χ4n) is 2.24. The molecule has 0 spiro atoms. The maximum atomic E-state index is 13.6. The monoisotopic (exact) mass is 382 g/mol. The van der Waals surface area contributed by atoms with E-state index in [-0.39, 0.29) is 18.2 Å². The summed E-state index contributed by atoms with van der Waals surface area (Å²) in [7, 11) is -3.60. The van der Waals surface area contributed by atoms with Gasteiger partial charge in [-0.05, 0) is 33.3 Å². The van der Waals surface area contributed by atoms with E-state index in [2.05, 4.69) is 12.6 Å². The molecule has 0 heterocycles. The number of hydrogen-bond acceptors (Lipinski definition) is 5. The molecule has 0 aliphatic carbocycles. The molecule has 0 aliphatic rings. The molecule has 1 aromatic rings. The van der Waals surface area contributed by atoms with Crippen molar-refractivity contribution in [1.29, 1.82) is 5.26 Å². The summed E-state index contributed by atoms with van der Waals surface area (Å²) in [6.45, 7) is 7.63. The van der Waals surface area contributed by atoms with Crippen molar-refractivity contribution in [3.05, 3.63) is 48.0 Å². The van der Waals surface area contributed by atoms with Crippen molar-refractivity contribution in [3.63, 3.8) is 0 Å². The minimum absolute atomic E-state index is 0.275. The first-order chi connectivity index (χ1) is 11.8. The van der Waals surface area contributed by atoms with Gasteiger partial charge in [-0.3, -0.25) is 9.05 Å². The lowest BCUT2D eigenvalue weighted by Gasteiger charge is -2.36. The molecule has 0 saturated carbocycles. The Morgan fingerprint density at radius 3 is 2.20 bits per heavy atom. The Kier molecular flexibility index (Phi) is 9.48. The molecule has 0 fully saturated rings. The van der Waals surface area contributed by atoms with E-state index in [1.54, 1.807) is 10.7 Å². The van der Waals surface area contributed by atoms with Crippen LogP contribution in [-0.4, -0.2) is 28.7 Å². The van der Waals surface area contributed by atoms with Crippen molar-refractivity contribution in [2.24, 2.45) is 0 Å². The fourth-order valence-corrected chi connectivity index (χ4v) is 4.91. The highest BCUT2D eigenvalue weighted by atomic mass is 32.1. The van der Waals surface area contributed by atoms with Crippen LogP contribution < -0.4 is 0 Å². The molecular formula is C18H27N2O3PS. The first-order valence-corrected chi connectivity index (χ1v) is 10.4. The third-order valence-corrected chi connectivity index (χ3v) is 5.97. The zero-order valence-corrected chi connectivity index (χ0v) is 17.0. The van der Waals surface area contributed by atoms with Gasteiger partial charge >= 0.3 is 7.75 Å². The van der Waals surface area contributed by atoms with Gasteiger partial charge in [0.05, 0.1) is 18.3 Å². The Labute approximate surface area is 156 Å². The summed E-state index contributed by atoms with van der Waals surface area (Å²) >= 11 is 4.37. The average Bonchev–Trinajstić information content (AvgIpc) is 2.53. The molecule has 0 N–H and O–H groups in total. The summed E-state index contributed by atoms with van der Waals surface area (Å²) < 4.78 is 26.8. The molecule has 7 heteroatoms. The molecule has 5 nitrogen and oxygen atoms in total. The molecule has 25 heavy (non-hydrogen) atoms. The smallest absolute Gasteiger partial charge is 0.294 e.